The maximum Gasteiger partial charge on any atom is 0.150 e. The second kappa shape index (κ2) is 12.7. The first kappa shape index (κ1) is 31.1. The number of rotatable bonds is 8. The molecule has 4 nitrogen and oxygen atoms in total. The van der Waals surface area contributed by atoms with Crippen LogP contribution in [0.1, 0.15) is 49.5 Å². The van der Waals surface area contributed by atoms with E-state index < -0.39 is 0 Å². The average Bonchev–Trinajstić information content (AvgIpc) is 3.60. The monoisotopic (exact) mass is 730 g/mol. The van der Waals surface area contributed by atoms with Gasteiger partial charge in [-0.3, -0.25) is 0 Å². The van der Waals surface area contributed by atoms with Crippen molar-refractivity contribution < 1.29 is 0 Å². The van der Waals surface area contributed by atoms with E-state index in [0.717, 1.165) is 48.5 Å². The van der Waals surface area contributed by atoms with Crippen LogP contribution < -0.4 is 0 Å². The van der Waals surface area contributed by atoms with Gasteiger partial charge in [-0.1, -0.05) is 142 Å². The van der Waals surface area contributed by atoms with E-state index in [2.05, 4.69) is 34.2 Å². The van der Waals surface area contributed by atoms with Gasteiger partial charge in [-0.15, -0.1) is 20.4 Å². The van der Waals surface area contributed by atoms with Gasteiger partial charge in [0.1, 0.15) is 15.0 Å². The van der Waals surface area contributed by atoms with E-state index in [9.17, 15) is 0 Å². The lowest BCUT2D eigenvalue weighted by Crippen LogP contribution is -1.94. The standard InChI is InChI=1S/C26H18Cl8N4S2/c1-3-5-7-9-35-37-25(39-9)15-11-12(21(31)24(34)22(15)32)18(28)13-14(17(11)27)20(30)23(33)16(19(13)29)26-38-36-10(40-26)8-6-4-2/h3-8H2,1-2H3. The first-order valence-electron chi connectivity index (χ1n) is 12.2. The summed E-state index contributed by atoms with van der Waals surface area (Å²) >= 11 is 57.9. The van der Waals surface area contributed by atoms with Gasteiger partial charge in [0.25, 0.3) is 0 Å². The van der Waals surface area contributed by atoms with Gasteiger partial charge in [-0.05, 0) is 12.8 Å². The van der Waals surface area contributed by atoms with Crippen LogP contribution in [-0.2, 0) is 12.8 Å². The van der Waals surface area contributed by atoms with Crippen LogP contribution in [0.15, 0.2) is 0 Å². The Balaban J connectivity index is 1.86. The highest BCUT2D eigenvalue weighted by Gasteiger charge is 2.30. The first-order valence-corrected chi connectivity index (χ1v) is 16.9. The van der Waals surface area contributed by atoms with E-state index in [-0.39, 0.29) is 40.2 Å². The van der Waals surface area contributed by atoms with Gasteiger partial charge in [-0.2, -0.15) is 0 Å². The highest BCUT2D eigenvalue weighted by Crippen LogP contribution is 2.57. The smallest absolute Gasteiger partial charge is 0.143 e. The highest BCUT2D eigenvalue weighted by molar-refractivity contribution is 7.15. The largest absolute Gasteiger partial charge is 0.150 e. The molecule has 210 valence electrons. The topological polar surface area (TPSA) is 51.6 Å². The van der Waals surface area contributed by atoms with Crippen LogP contribution in [0.4, 0.5) is 0 Å². The predicted molar refractivity (Wildman–Crippen MR) is 177 cm³/mol. The predicted octanol–water partition coefficient (Wildman–Crippen LogP) is 12.9. The van der Waals surface area contributed by atoms with Crippen LogP contribution >= 0.6 is 115 Å². The van der Waals surface area contributed by atoms with Crippen molar-refractivity contribution in [2.24, 2.45) is 0 Å². The molecular formula is C26H18Cl8N4S2. The SMILES string of the molecule is CCCCc1nnc(-c2c(Cl)c(Cl)c3c(Cl)c4c(-c5nnc(CCCC)s5)c(Cl)c(Cl)c(Cl)c4c(Cl)c3c2Cl)s1. The van der Waals surface area contributed by atoms with E-state index in [4.69, 9.17) is 92.8 Å². The van der Waals surface area contributed by atoms with E-state index >= 15 is 0 Å². The van der Waals surface area contributed by atoms with Gasteiger partial charge in [0.2, 0.25) is 0 Å². The van der Waals surface area contributed by atoms with Gasteiger partial charge < -0.3 is 0 Å². The molecule has 5 rings (SSSR count). The molecule has 0 unspecified atom stereocenters. The molecule has 0 spiro atoms. The molecule has 40 heavy (non-hydrogen) atoms. The summed E-state index contributed by atoms with van der Waals surface area (Å²) < 4.78 is 0. The average molecular weight is 734 g/mol. The Bertz CT molecular complexity index is 1780. The maximum absolute atomic E-state index is 7.11. The van der Waals surface area contributed by atoms with Crippen LogP contribution in [-0.4, -0.2) is 20.4 Å². The van der Waals surface area contributed by atoms with E-state index in [0.29, 0.717) is 42.7 Å². The zero-order valence-electron chi connectivity index (χ0n) is 20.9. The quantitative estimate of drug-likeness (QED) is 0.0905. The lowest BCUT2D eigenvalue weighted by Gasteiger charge is -2.19. The van der Waals surface area contributed by atoms with Gasteiger partial charge in [-0.25, -0.2) is 0 Å². The highest BCUT2D eigenvalue weighted by atomic mass is 35.5. The van der Waals surface area contributed by atoms with Crippen LogP contribution in [0.2, 0.25) is 40.2 Å². The Kier molecular flexibility index (Phi) is 9.86. The third kappa shape index (κ3) is 5.29. The summed E-state index contributed by atoms with van der Waals surface area (Å²) in [5, 5.41) is 23.0. The molecule has 3 aromatic carbocycles. The number of hydrogen-bond acceptors (Lipinski definition) is 6. The van der Waals surface area contributed by atoms with Gasteiger partial charge in [0, 0.05) is 39.9 Å². The van der Waals surface area contributed by atoms with Gasteiger partial charge >= 0.3 is 0 Å². The van der Waals surface area contributed by atoms with Crippen LogP contribution in [0.25, 0.3) is 42.7 Å². The van der Waals surface area contributed by atoms with E-state index in [1.807, 2.05) is 0 Å². The first-order chi connectivity index (χ1) is 19.1. The fourth-order valence-corrected chi connectivity index (χ4v) is 9.09. The summed E-state index contributed by atoms with van der Waals surface area (Å²) in [6.45, 7) is 4.22. The summed E-state index contributed by atoms with van der Waals surface area (Å²) in [7, 11) is 0. The molecule has 2 heterocycles. The second-order valence-electron chi connectivity index (χ2n) is 8.97. The minimum absolute atomic E-state index is 0.106. The van der Waals surface area contributed by atoms with Crippen molar-refractivity contribution in [3.05, 3.63) is 50.2 Å². The molecule has 0 radical (unpaired) electrons. The molecule has 0 fully saturated rings. The Hall–Kier alpha value is -0.380. The van der Waals surface area contributed by atoms with Crippen molar-refractivity contribution >= 4 is 137 Å². The van der Waals surface area contributed by atoms with Crippen LogP contribution in [0, 0.1) is 0 Å². The molecule has 0 amide bonds. The Morgan fingerprint density at radius 2 is 0.875 bits per heavy atom. The molecule has 14 heteroatoms. The molecular weight excluding hydrogens is 716 g/mol. The zero-order valence-corrected chi connectivity index (χ0v) is 28.6. The Morgan fingerprint density at radius 1 is 0.450 bits per heavy atom. The molecule has 0 saturated carbocycles. The molecule has 2 aromatic heterocycles. The molecule has 0 aliphatic rings. The number of fused-ring (bicyclic) bond motifs is 2. The van der Waals surface area contributed by atoms with Crippen molar-refractivity contribution in [2.45, 2.75) is 52.4 Å². The zero-order chi connectivity index (χ0) is 28.9. The van der Waals surface area contributed by atoms with Gasteiger partial charge in [0.05, 0.1) is 45.7 Å². The molecule has 0 N–H and O–H groups in total. The molecule has 0 bridgehead atoms. The number of nitrogens with zero attached hydrogens (tertiary/aromatic N) is 4. The van der Waals surface area contributed by atoms with Crippen molar-refractivity contribution in [2.75, 3.05) is 0 Å². The fourth-order valence-electron chi connectivity index (χ4n) is 4.36. The van der Waals surface area contributed by atoms with Crippen LogP contribution in [0.5, 0.6) is 0 Å². The minimum atomic E-state index is 0.106. The Morgan fingerprint density at radius 3 is 1.43 bits per heavy atom. The van der Waals surface area contributed by atoms with Crippen molar-refractivity contribution in [3.63, 3.8) is 0 Å². The lowest BCUT2D eigenvalue weighted by molar-refractivity contribution is 0.780. The molecule has 0 aliphatic heterocycles. The summed E-state index contributed by atoms with van der Waals surface area (Å²) in [4.78, 5) is 0. The van der Waals surface area contributed by atoms with Crippen molar-refractivity contribution in [1.82, 2.24) is 20.4 Å². The number of aromatic nitrogens is 4. The number of aryl methyl sites for hydroxylation is 2. The minimum Gasteiger partial charge on any atom is -0.143 e. The molecule has 0 aliphatic carbocycles. The van der Waals surface area contributed by atoms with Gasteiger partial charge in [0.15, 0.2) is 5.01 Å². The summed E-state index contributed by atoms with van der Waals surface area (Å²) in [6, 6.07) is 0. The number of hydrogen-bond donors (Lipinski definition) is 0. The Labute approximate surface area is 278 Å². The second-order valence-corrected chi connectivity index (χ2v) is 14.1. The van der Waals surface area contributed by atoms with E-state index in [1.165, 1.54) is 22.7 Å². The fraction of sp³-hybridized carbons (Fsp3) is 0.308. The normalized spacial score (nSPS) is 11.8. The van der Waals surface area contributed by atoms with E-state index in [1.54, 1.807) is 0 Å². The molecule has 0 atom stereocenters. The van der Waals surface area contributed by atoms with Crippen LogP contribution in [0.3, 0.4) is 0 Å². The van der Waals surface area contributed by atoms with Crippen molar-refractivity contribution in [3.8, 4) is 21.1 Å². The number of halogens is 8. The lowest BCUT2D eigenvalue weighted by atomic mass is 9.97. The number of unbranched alkanes of at least 4 members (excludes halogenated alkanes) is 2. The summed E-state index contributed by atoms with van der Waals surface area (Å²) in [5.41, 5.74) is 0.872. The maximum atomic E-state index is 7.11. The number of benzene rings is 3. The van der Waals surface area contributed by atoms with Crippen molar-refractivity contribution in [1.29, 1.82) is 0 Å². The molecule has 0 saturated heterocycles. The third-order valence-electron chi connectivity index (χ3n) is 6.37. The summed E-state index contributed by atoms with van der Waals surface area (Å²) in [5.74, 6) is 0. The summed E-state index contributed by atoms with van der Waals surface area (Å²) in [6.07, 6.45) is 5.61. The third-order valence-corrected chi connectivity index (χ3v) is 11.7. The molecule has 5 aromatic rings.